The van der Waals surface area contributed by atoms with Gasteiger partial charge in [-0.1, -0.05) is 59.3 Å². The molecule has 0 saturated heterocycles. The van der Waals surface area contributed by atoms with Crippen LogP contribution in [0.15, 0.2) is 0 Å². The third kappa shape index (κ3) is 2.50. The normalized spacial score (nSPS) is 38.8. The molecule has 0 radical (unpaired) electrons. The van der Waals surface area contributed by atoms with Gasteiger partial charge in [-0.15, -0.1) is 0 Å². The standard InChI is InChI=1S/C12H24/c1-4-12-9-7-5-6-8-10(2)11(12)3/h10-12H,4-9H2,1-3H3. The Morgan fingerprint density at radius 3 is 2.33 bits per heavy atom. The van der Waals surface area contributed by atoms with E-state index in [0.29, 0.717) is 0 Å². The summed E-state index contributed by atoms with van der Waals surface area (Å²) in [6.07, 6.45) is 8.79. The smallest absolute Gasteiger partial charge is 0.0389 e. The molecule has 1 fully saturated rings. The van der Waals surface area contributed by atoms with Gasteiger partial charge < -0.3 is 0 Å². The molecule has 0 aliphatic heterocycles. The van der Waals surface area contributed by atoms with E-state index in [2.05, 4.69) is 20.8 Å². The number of rotatable bonds is 1. The molecule has 1 aliphatic carbocycles. The van der Waals surface area contributed by atoms with Gasteiger partial charge in [0.1, 0.15) is 0 Å². The van der Waals surface area contributed by atoms with E-state index in [1.54, 1.807) is 0 Å². The van der Waals surface area contributed by atoms with Crippen molar-refractivity contribution < 1.29 is 0 Å². The van der Waals surface area contributed by atoms with E-state index in [9.17, 15) is 0 Å². The van der Waals surface area contributed by atoms with Crippen LogP contribution in [0.4, 0.5) is 0 Å². The predicted octanol–water partition coefficient (Wildman–Crippen LogP) is 4.25. The molecule has 72 valence electrons. The summed E-state index contributed by atoms with van der Waals surface area (Å²) in [7, 11) is 0. The molecule has 0 aromatic carbocycles. The second kappa shape index (κ2) is 4.89. The quantitative estimate of drug-likeness (QED) is 0.549. The molecule has 0 heterocycles. The monoisotopic (exact) mass is 168 g/mol. The molecular formula is C12H24. The largest absolute Gasteiger partial charge is 0.0651 e. The lowest BCUT2D eigenvalue weighted by molar-refractivity contribution is 0.206. The van der Waals surface area contributed by atoms with E-state index in [0.717, 1.165) is 17.8 Å². The Hall–Kier alpha value is 0. The highest BCUT2D eigenvalue weighted by atomic mass is 14.3. The lowest BCUT2D eigenvalue weighted by Gasteiger charge is -2.30. The highest BCUT2D eigenvalue weighted by molar-refractivity contribution is 4.73. The fourth-order valence-electron chi connectivity index (χ4n) is 2.62. The molecule has 0 heteroatoms. The zero-order chi connectivity index (χ0) is 8.97. The molecule has 3 atom stereocenters. The Morgan fingerprint density at radius 2 is 1.67 bits per heavy atom. The molecular weight excluding hydrogens is 144 g/mol. The Labute approximate surface area is 77.7 Å². The molecule has 0 aromatic heterocycles. The van der Waals surface area contributed by atoms with E-state index < -0.39 is 0 Å². The second-order valence-corrected chi connectivity index (χ2v) is 4.64. The molecule has 1 aliphatic rings. The Bertz CT molecular complexity index is 117. The van der Waals surface area contributed by atoms with Crippen molar-refractivity contribution in [3.63, 3.8) is 0 Å². The number of hydrogen-bond donors (Lipinski definition) is 0. The average molecular weight is 168 g/mol. The van der Waals surface area contributed by atoms with E-state index >= 15 is 0 Å². The summed E-state index contributed by atoms with van der Waals surface area (Å²) in [6, 6.07) is 0. The minimum absolute atomic E-state index is 0.968. The van der Waals surface area contributed by atoms with Crippen molar-refractivity contribution in [1.82, 2.24) is 0 Å². The summed E-state index contributed by atoms with van der Waals surface area (Å²) in [6.45, 7) is 7.26. The van der Waals surface area contributed by atoms with Gasteiger partial charge in [-0.05, 0) is 17.8 Å². The average Bonchev–Trinajstić information content (AvgIpc) is 2.07. The summed E-state index contributed by atoms with van der Waals surface area (Å²) >= 11 is 0. The van der Waals surface area contributed by atoms with Crippen molar-refractivity contribution in [3.05, 3.63) is 0 Å². The van der Waals surface area contributed by atoms with Crippen LogP contribution in [0.3, 0.4) is 0 Å². The van der Waals surface area contributed by atoms with Crippen molar-refractivity contribution in [2.75, 3.05) is 0 Å². The number of hydrogen-bond acceptors (Lipinski definition) is 0. The molecule has 1 rings (SSSR count). The first-order valence-electron chi connectivity index (χ1n) is 5.75. The van der Waals surface area contributed by atoms with E-state index in [1.165, 1.54) is 38.5 Å². The summed E-state index contributed by atoms with van der Waals surface area (Å²) in [5.74, 6) is 2.95. The second-order valence-electron chi connectivity index (χ2n) is 4.64. The van der Waals surface area contributed by atoms with Gasteiger partial charge in [-0.2, -0.15) is 0 Å². The van der Waals surface area contributed by atoms with Gasteiger partial charge in [-0.25, -0.2) is 0 Å². The molecule has 12 heavy (non-hydrogen) atoms. The first-order chi connectivity index (χ1) is 5.75. The van der Waals surface area contributed by atoms with Crippen LogP contribution in [0.2, 0.25) is 0 Å². The first-order valence-corrected chi connectivity index (χ1v) is 5.75. The van der Waals surface area contributed by atoms with Crippen LogP contribution in [0, 0.1) is 17.8 Å². The van der Waals surface area contributed by atoms with Crippen molar-refractivity contribution >= 4 is 0 Å². The van der Waals surface area contributed by atoms with Crippen LogP contribution in [-0.2, 0) is 0 Å². The Balaban J connectivity index is 2.47. The predicted molar refractivity (Wildman–Crippen MR) is 55.2 cm³/mol. The third-order valence-corrected chi connectivity index (χ3v) is 3.90. The lowest BCUT2D eigenvalue weighted by Crippen LogP contribution is -2.20. The van der Waals surface area contributed by atoms with Gasteiger partial charge >= 0.3 is 0 Å². The molecule has 3 unspecified atom stereocenters. The minimum Gasteiger partial charge on any atom is -0.0651 e. The summed E-state index contributed by atoms with van der Waals surface area (Å²) in [5.41, 5.74) is 0. The van der Waals surface area contributed by atoms with Gasteiger partial charge in [0.15, 0.2) is 0 Å². The molecule has 0 nitrogen and oxygen atoms in total. The summed E-state index contributed by atoms with van der Waals surface area (Å²) < 4.78 is 0. The van der Waals surface area contributed by atoms with Crippen molar-refractivity contribution in [1.29, 1.82) is 0 Å². The van der Waals surface area contributed by atoms with Crippen LogP contribution in [-0.4, -0.2) is 0 Å². The highest BCUT2D eigenvalue weighted by Crippen LogP contribution is 2.33. The van der Waals surface area contributed by atoms with Gasteiger partial charge in [0, 0.05) is 0 Å². The van der Waals surface area contributed by atoms with Crippen molar-refractivity contribution in [2.24, 2.45) is 17.8 Å². The first kappa shape index (κ1) is 10.1. The maximum Gasteiger partial charge on any atom is -0.0389 e. The molecule has 1 saturated carbocycles. The lowest BCUT2D eigenvalue weighted by atomic mass is 9.76. The Morgan fingerprint density at radius 1 is 1.00 bits per heavy atom. The van der Waals surface area contributed by atoms with Crippen molar-refractivity contribution in [3.8, 4) is 0 Å². The topological polar surface area (TPSA) is 0 Å². The summed E-state index contributed by atoms with van der Waals surface area (Å²) in [4.78, 5) is 0. The van der Waals surface area contributed by atoms with Gasteiger partial charge in [-0.3, -0.25) is 0 Å². The van der Waals surface area contributed by atoms with Crippen LogP contribution in [0.1, 0.15) is 59.3 Å². The third-order valence-electron chi connectivity index (χ3n) is 3.90. The molecule has 0 amide bonds. The van der Waals surface area contributed by atoms with Crippen LogP contribution in [0.25, 0.3) is 0 Å². The molecule has 0 N–H and O–H groups in total. The van der Waals surface area contributed by atoms with E-state index in [1.807, 2.05) is 0 Å². The molecule has 0 aromatic rings. The maximum absolute atomic E-state index is 2.46. The van der Waals surface area contributed by atoms with Crippen LogP contribution < -0.4 is 0 Å². The SMILES string of the molecule is CCC1CCCCCC(C)C1C. The Kier molecular flexibility index (Phi) is 4.11. The minimum atomic E-state index is 0.968. The van der Waals surface area contributed by atoms with Gasteiger partial charge in [0.05, 0.1) is 0 Å². The van der Waals surface area contributed by atoms with Crippen LogP contribution >= 0.6 is 0 Å². The zero-order valence-corrected chi connectivity index (χ0v) is 8.97. The highest BCUT2D eigenvalue weighted by Gasteiger charge is 2.22. The van der Waals surface area contributed by atoms with Crippen LogP contribution in [0.5, 0.6) is 0 Å². The van der Waals surface area contributed by atoms with E-state index in [-0.39, 0.29) is 0 Å². The maximum atomic E-state index is 2.46. The molecule has 0 bridgehead atoms. The van der Waals surface area contributed by atoms with E-state index in [4.69, 9.17) is 0 Å². The molecule has 0 spiro atoms. The zero-order valence-electron chi connectivity index (χ0n) is 8.97. The summed E-state index contributed by atoms with van der Waals surface area (Å²) in [5, 5.41) is 0. The van der Waals surface area contributed by atoms with Gasteiger partial charge in [0.2, 0.25) is 0 Å². The fraction of sp³-hybridized carbons (Fsp3) is 1.00. The van der Waals surface area contributed by atoms with Gasteiger partial charge in [0.25, 0.3) is 0 Å². The van der Waals surface area contributed by atoms with Crippen molar-refractivity contribution in [2.45, 2.75) is 59.3 Å². The fourth-order valence-corrected chi connectivity index (χ4v) is 2.62.